The van der Waals surface area contributed by atoms with Gasteiger partial charge in [-0.3, -0.25) is 0 Å². The first-order chi connectivity index (χ1) is 18.1. The molecule has 0 bridgehead atoms. The monoisotopic (exact) mass is 505 g/mol. The molecule has 0 radical (unpaired) electrons. The molecule has 0 aliphatic rings. The lowest BCUT2D eigenvalue weighted by atomic mass is 10.0. The maximum atomic E-state index is 13.3. The van der Waals surface area contributed by atoms with E-state index in [0.29, 0.717) is 34.8 Å². The van der Waals surface area contributed by atoms with Gasteiger partial charge in [0.15, 0.2) is 0 Å². The number of nitrogens with zero attached hydrogens (tertiary/aromatic N) is 2. The van der Waals surface area contributed by atoms with E-state index in [9.17, 15) is 13.6 Å². The number of hydrogen-bond donors (Lipinski definition) is 1. The van der Waals surface area contributed by atoms with E-state index in [1.54, 1.807) is 35.2 Å². The van der Waals surface area contributed by atoms with E-state index in [1.807, 2.05) is 48.5 Å². The molecule has 0 atom stereocenters. The minimum Gasteiger partial charge on any atom is -0.457 e. The predicted molar refractivity (Wildman–Crippen MR) is 135 cm³/mol. The van der Waals surface area contributed by atoms with Crippen molar-refractivity contribution < 1.29 is 28.0 Å². The molecule has 190 valence electrons. The fraction of sp³-hybridized carbons (Fsp3) is 0.143. The summed E-state index contributed by atoms with van der Waals surface area (Å²) < 4.78 is 33.7. The van der Waals surface area contributed by atoms with Gasteiger partial charge in [-0.05, 0) is 53.9 Å². The molecule has 0 unspecified atom stereocenters. The summed E-state index contributed by atoms with van der Waals surface area (Å²) in [7, 11) is 0. The quantitative estimate of drug-likeness (QED) is 0.167. The fourth-order valence-corrected chi connectivity index (χ4v) is 3.72. The van der Waals surface area contributed by atoms with Gasteiger partial charge >= 0.3 is 5.97 Å². The normalized spacial score (nSPS) is 11.3. The first-order valence-electron chi connectivity index (χ1n) is 11.5. The van der Waals surface area contributed by atoms with Crippen LogP contribution in [0.4, 0.5) is 8.78 Å². The Bertz CT molecular complexity index is 1360. The van der Waals surface area contributed by atoms with Crippen molar-refractivity contribution in [2.45, 2.75) is 13.0 Å². The molecule has 0 aliphatic heterocycles. The van der Waals surface area contributed by atoms with Crippen LogP contribution in [0.5, 0.6) is 11.5 Å². The maximum Gasteiger partial charge on any atom is 0.358 e. The summed E-state index contributed by atoms with van der Waals surface area (Å²) in [5.74, 6) is 5.34. The molecule has 9 heteroatoms. The lowest BCUT2D eigenvalue weighted by molar-refractivity contribution is 0.0502. The number of rotatable bonds is 11. The minimum absolute atomic E-state index is 0.190. The molecule has 0 amide bonds. The number of ether oxygens (including phenoxy) is 1. The molecular weight excluding hydrogens is 480 g/mol. The Morgan fingerprint density at radius 1 is 0.946 bits per heavy atom. The highest BCUT2D eigenvalue weighted by Crippen LogP contribution is 2.23. The Balaban J connectivity index is 1.62. The van der Waals surface area contributed by atoms with Crippen molar-refractivity contribution in [3.63, 3.8) is 0 Å². The standard InChI is InChI=1S/C28H25F2N3O4/c29-13-14-35-32-27(21-5-4-8-25(16-21)36-24-6-2-1-3-7-24)19-33-17-22(26(18-33)28(34)37-31)15-20-9-11-23(30)12-10-20/h1-12,16-18H,13-15,19,31H2/b32-27+. The van der Waals surface area contributed by atoms with Crippen LogP contribution in [0.1, 0.15) is 27.0 Å². The van der Waals surface area contributed by atoms with Crippen LogP contribution >= 0.6 is 0 Å². The zero-order valence-corrected chi connectivity index (χ0v) is 19.8. The average molecular weight is 506 g/mol. The van der Waals surface area contributed by atoms with Crippen LogP contribution < -0.4 is 10.6 Å². The Labute approximate surface area is 212 Å². The molecule has 0 spiro atoms. The molecule has 0 saturated heterocycles. The van der Waals surface area contributed by atoms with E-state index < -0.39 is 12.6 Å². The second-order valence-electron chi connectivity index (χ2n) is 8.08. The zero-order chi connectivity index (χ0) is 26.0. The highest BCUT2D eigenvalue weighted by atomic mass is 19.1. The van der Waals surface area contributed by atoms with Crippen LogP contribution in [0.3, 0.4) is 0 Å². The molecule has 4 rings (SSSR count). The van der Waals surface area contributed by atoms with Gasteiger partial charge < -0.3 is 19.0 Å². The number of alkyl halides is 1. The van der Waals surface area contributed by atoms with Crippen molar-refractivity contribution in [3.8, 4) is 11.5 Å². The molecule has 1 aromatic heterocycles. The third-order valence-corrected chi connectivity index (χ3v) is 5.42. The van der Waals surface area contributed by atoms with E-state index in [4.69, 9.17) is 15.5 Å². The number of hydrogen-bond acceptors (Lipinski definition) is 6. The number of carbonyl (C=O) groups is 1. The number of para-hydroxylation sites is 1. The van der Waals surface area contributed by atoms with Gasteiger partial charge in [-0.1, -0.05) is 47.6 Å². The predicted octanol–water partition coefficient (Wildman–Crippen LogP) is 5.43. The van der Waals surface area contributed by atoms with Crippen LogP contribution in [0.25, 0.3) is 0 Å². The number of carbonyl (C=O) groups excluding carboxylic acids is 1. The van der Waals surface area contributed by atoms with Gasteiger partial charge in [0.1, 0.15) is 36.3 Å². The van der Waals surface area contributed by atoms with Crippen molar-refractivity contribution in [3.05, 3.63) is 119 Å². The summed E-state index contributed by atoms with van der Waals surface area (Å²) in [6, 6.07) is 22.5. The number of halogens is 2. The van der Waals surface area contributed by atoms with Gasteiger partial charge in [0, 0.05) is 18.0 Å². The first-order valence-corrected chi connectivity index (χ1v) is 11.5. The summed E-state index contributed by atoms with van der Waals surface area (Å²) in [6.45, 7) is -0.697. The van der Waals surface area contributed by atoms with E-state index in [1.165, 1.54) is 12.1 Å². The van der Waals surface area contributed by atoms with E-state index in [2.05, 4.69) is 9.99 Å². The smallest absolute Gasteiger partial charge is 0.358 e. The van der Waals surface area contributed by atoms with Crippen LogP contribution in [0.15, 0.2) is 96.4 Å². The van der Waals surface area contributed by atoms with Crippen LogP contribution in [-0.4, -0.2) is 29.5 Å². The molecule has 0 aliphatic carbocycles. The Morgan fingerprint density at radius 3 is 2.43 bits per heavy atom. The number of benzene rings is 3. The molecule has 37 heavy (non-hydrogen) atoms. The maximum absolute atomic E-state index is 13.3. The van der Waals surface area contributed by atoms with Crippen molar-refractivity contribution in [1.82, 2.24) is 4.57 Å². The highest BCUT2D eigenvalue weighted by molar-refractivity contribution is 6.00. The number of aromatic nitrogens is 1. The van der Waals surface area contributed by atoms with E-state index in [-0.39, 0.29) is 24.5 Å². The SMILES string of the molecule is NOC(=O)c1cn(C/C(=N\OCCF)c2cccc(Oc3ccccc3)c2)cc1Cc1ccc(F)cc1. The van der Waals surface area contributed by atoms with Crippen molar-refractivity contribution in [1.29, 1.82) is 0 Å². The molecule has 0 saturated carbocycles. The van der Waals surface area contributed by atoms with E-state index >= 15 is 0 Å². The lowest BCUT2D eigenvalue weighted by Gasteiger charge is -2.11. The summed E-state index contributed by atoms with van der Waals surface area (Å²) in [4.78, 5) is 22.0. The largest absolute Gasteiger partial charge is 0.457 e. The molecular formula is C28H25F2N3O4. The Morgan fingerprint density at radius 2 is 1.70 bits per heavy atom. The van der Waals surface area contributed by atoms with Crippen molar-refractivity contribution >= 4 is 11.7 Å². The summed E-state index contributed by atoms with van der Waals surface area (Å²) in [6.07, 6.45) is 3.69. The summed E-state index contributed by atoms with van der Waals surface area (Å²) >= 11 is 0. The topological polar surface area (TPSA) is 88.1 Å². The third kappa shape index (κ3) is 7.02. The van der Waals surface area contributed by atoms with Crippen LogP contribution in [0.2, 0.25) is 0 Å². The second-order valence-corrected chi connectivity index (χ2v) is 8.08. The second kappa shape index (κ2) is 12.5. The molecule has 1 heterocycles. The minimum atomic E-state index is -0.707. The van der Waals surface area contributed by atoms with Gasteiger partial charge in [0.2, 0.25) is 0 Å². The van der Waals surface area contributed by atoms with Gasteiger partial charge in [0.25, 0.3) is 0 Å². The Kier molecular flexibility index (Phi) is 8.62. The molecule has 4 aromatic rings. The third-order valence-electron chi connectivity index (χ3n) is 5.42. The molecule has 0 fully saturated rings. The zero-order valence-electron chi connectivity index (χ0n) is 19.8. The van der Waals surface area contributed by atoms with Gasteiger partial charge in [-0.15, -0.1) is 0 Å². The van der Waals surface area contributed by atoms with Crippen LogP contribution in [-0.2, 0) is 22.6 Å². The number of nitrogens with two attached hydrogens (primary N) is 1. The summed E-state index contributed by atoms with van der Waals surface area (Å²) in [5, 5.41) is 4.14. The van der Waals surface area contributed by atoms with Gasteiger partial charge in [0.05, 0.1) is 12.1 Å². The molecule has 2 N–H and O–H groups in total. The van der Waals surface area contributed by atoms with Gasteiger partial charge in [-0.2, -0.15) is 5.90 Å². The first kappa shape index (κ1) is 25.6. The lowest BCUT2D eigenvalue weighted by Crippen LogP contribution is -2.13. The number of oxime groups is 1. The van der Waals surface area contributed by atoms with Crippen molar-refractivity contribution in [2.75, 3.05) is 13.3 Å². The highest BCUT2D eigenvalue weighted by Gasteiger charge is 2.18. The average Bonchev–Trinajstić information content (AvgIpc) is 3.32. The molecule has 3 aromatic carbocycles. The summed E-state index contributed by atoms with van der Waals surface area (Å²) in [5.41, 5.74) is 2.85. The molecule has 7 nitrogen and oxygen atoms in total. The van der Waals surface area contributed by atoms with E-state index in [0.717, 1.165) is 5.56 Å². The van der Waals surface area contributed by atoms with Crippen molar-refractivity contribution in [2.24, 2.45) is 11.1 Å². The fourth-order valence-electron chi connectivity index (χ4n) is 3.72. The Hall–Kier alpha value is -4.50. The van der Waals surface area contributed by atoms with Gasteiger partial charge in [-0.25, -0.2) is 13.6 Å². The van der Waals surface area contributed by atoms with Crippen LogP contribution in [0, 0.1) is 5.82 Å².